The van der Waals surface area contributed by atoms with Crippen LogP contribution in [0.4, 0.5) is 5.69 Å². The number of ether oxygens (including phenoxy) is 1. The molecule has 1 amide bonds. The molecule has 2 bridgehead atoms. The van der Waals surface area contributed by atoms with Crippen molar-refractivity contribution in [3.05, 3.63) is 36.4 Å². The van der Waals surface area contributed by atoms with Gasteiger partial charge in [-0.1, -0.05) is 12.2 Å². The fourth-order valence-corrected chi connectivity index (χ4v) is 3.42. The Labute approximate surface area is 122 Å². The number of nitrogens with one attached hydrogen (secondary N) is 1. The van der Waals surface area contributed by atoms with Crippen LogP contribution in [0.25, 0.3) is 0 Å². The van der Waals surface area contributed by atoms with Crippen LogP contribution in [0.1, 0.15) is 6.42 Å². The highest BCUT2D eigenvalue weighted by atomic mass is 16.5. The lowest BCUT2D eigenvalue weighted by Crippen LogP contribution is -2.36. The molecule has 1 aromatic carbocycles. The molecule has 2 aliphatic rings. The number of aliphatic carboxylic acids is 1. The summed E-state index contributed by atoms with van der Waals surface area (Å²) in [5.74, 6) is -1.48. The lowest BCUT2D eigenvalue weighted by molar-refractivity contribution is -0.146. The van der Waals surface area contributed by atoms with Crippen LogP contribution in [0.5, 0.6) is 5.75 Å². The van der Waals surface area contributed by atoms with Gasteiger partial charge in [-0.3, -0.25) is 9.59 Å². The zero-order chi connectivity index (χ0) is 15.0. The van der Waals surface area contributed by atoms with Crippen LogP contribution >= 0.6 is 0 Å². The van der Waals surface area contributed by atoms with Gasteiger partial charge in [0.15, 0.2) is 0 Å². The normalized spacial score (nSPS) is 29.4. The Morgan fingerprint density at radius 1 is 1.14 bits per heavy atom. The first-order chi connectivity index (χ1) is 10.1. The summed E-state index contributed by atoms with van der Waals surface area (Å²) in [5.41, 5.74) is 0.650. The maximum absolute atomic E-state index is 12.4. The predicted molar refractivity (Wildman–Crippen MR) is 77.0 cm³/mol. The van der Waals surface area contributed by atoms with Crippen molar-refractivity contribution in [2.45, 2.75) is 6.42 Å². The number of hydrogen-bond acceptors (Lipinski definition) is 3. The monoisotopic (exact) mass is 287 g/mol. The number of carboxylic acid groups (broad SMARTS) is 1. The third-order valence-corrected chi connectivity index (χ3v) is 4.40. The van der Waals surface area contributed by atoms with Crippen LogP contribution in [0.2, 0.25) is 0 Å². The Hall–Kier alpha value is -2.30. The molecule has 1 saturated carbocycles. The third kappa shape index (κ3) is 2.39. The minimum atomic E-state index is -0.887. The second-order valence-electron chi connectivity index (χ2n) is 5.56. The molecule has 0 aromatic heterocycles. The second-order valence-corrected chi connectivity index (χ2v) is 5.56. The standard InChI is InChI=1S/C16H17NO4/c1-21-12-6-4-11(5-7-12)17-15(18)13-9-2-3-10(8-9)14(13)16(19)20/h2-7,9-10,13-14H,8H2,1H3,(H,17,18)(H,19,20)/t9-,10+,13-,14+/m0/s1. The fraction of sp³-hybridized carbons (Fsp3) is 0.375. The first kappa shape index (κ1) is 13.7. The number of allylic oxidation sites excluding steroid dienone is 2. The van der Waals surface area contributed by atoms with Gasteiger partial charge in [0.05, 0.1) is 18.9 Å². The number of fused-ring (bicyclic) bond motifs is 2. The number of hydrogen-bond donors (Lipinski definition) is 2. The highest BCUT2D eigenvalue weighted by molar-refractivity contribution is 5.96. The summed E-state index contributed by atoms with van der Waals surface area (Å²) in [5, 5.41) is 12.2. The molecular formula is C16H17NO4. The molecule has 4 atom stereocenters. The van der Waals surface area contributed by atoms with Crippen molar-refractivity contribution in [2.75, 3.05) is 12.4 Å². The third-order valence-electron chi connectivity index (χ3n) is 4.40. The smallest absolute Gasteiger partial charge is 0.307 e. The van der Waals surface area contributed by atoms with Crippen molar-refractivity contribution < 1.29 is 19.4 Å². The molecule has 5 heteroatoms. The zero-order valence-electron chi connectivity index (χ0n) is 11.7. The highest BCUT2D eigenvalue weighted by Crippen LogP contribution is 2.48. The molecule has 2 N–H and O–H groups in total. The van der Waals surface area contributed by atoms with E-state index in [1.165, 1.54) is 0 Å². The van der Waals surface area contributed by atoms with Gasteiger partial charge in [-0.15, -0.1) is 0 Å². The average molecular weight is 287 g/mol. The topological polar surface area (TPSA) is 75.6 Å². The van der Waals surface area contributed by atoms with Gasteiger partial charge >= 0.3 is 5.97 Å². The molecule has 0 aliphatic heterocycles. The first-order valence-electron chi connectivity index (χ1n) is 6.96. The van der Waals surface area contributed by atoms with Crippen molar-refractivity contribution in [3.63, 3.8) is 0 Å². The van der Waals surface area contributed by atoms with Gasteiger partial charge in [-0.2, -0.15) is 0 Å². The Morgan fingerprint density at radius 3 is 2.33 bits per heavy atom. The van der Waals surface area contributed by atoms with E-state index in [-0.39, 0.29) is 17.7 Å². The first-order valence-corrected chi connectivity index (χ1v) is 6.96. The summed E-state index contributed by atoms with van der Waals surface area (Å²) in [7, 11) is 1.58. The minimum Gasteiger partial charge on any atom is -0.497 e. The van der Waals surface area contributed by atoms with Crippen LogP contribution < -0.4 is 10.1 Å². The molecule has 21 heavy (non-hydrogen) atoms. The summed E-state index contributed by atoms with van der Waals surface area (Å²) < 4.78 is 5.06. The Morgan fingerprint density at radius 2 is 1.76 bits per heavy atom. The fourth-order valence-electron chi connectivity index (χ4n) is 3.42. The van der Waals surface area contributed by atoms with Crippen LogP contribution in [-0.2, 0) is 9.59 Å². The van der Waals surface area contributed by atoms with Gasteiger partial charge in [-0.05, 0) is 42.5 Å². The molecule has 3 rings (SSSR count). The van der Waals surface area contributed by atoms with Crippen molar-refractivity contribution in [1.82, 2.24) is 0 Å². The van der Waals surface area contributed by atoms with Gasteiger partial charge in [0, 0.05) is 5.69 Å². The minimum absolute atomic E-state index is 0.0147. The van der Waals surface area contributed by atoms with Crippen LogP contribution in [0, 0.1) is 23.7 Å². The van der Waals surface area contributed by atoms with Crippen LogP contribution in [-0.4, -0.2) is 24.1 Å². The molecule has 0 spiro atoms. The van der Waals surface area contributed by atoms with E-state index in [2.05, 4.69) is 5.32 Å². The van der Waals surface area contributed by atoms with Gasteiger partial charge in [0.25, 0.3) is 0 Å². The van der Waals surface area contributed by atoms with Crippen molar-refractivity contribution in [2.24, 2.45) is 23.7 Å². The largest absolute Gasteiger partial charge is 0.497 e. The van der Waals surface area contributed by atoms with E-state index in [0.29, 0.717) is 11.4 Å². The molecule has 5 nitrogen and oxygen atoms in total. The highest BCUT2D eigenvalue weighted by Gasteiger charge is 2.51. The summed E-state index contributed by atoms with van der Waals surface area (Å²) in [6, 6.07) is 7.00. The van der Waals surface area contributed by atoms with Gasteiger partial charge in [0.2, 0.25) is 5.91 Å². The van der Waals surface area contributed by atoms with E-state index in [4.69, 9.17) is 4.74 Å². The molecular weight excluding hydrogens is 270 g/mol. The number of amides is 1. The summed E-state index contributed by atoms with van der Waals surface area (Å²) in [6.45, 7) is 0. The number of methoxy groups -OCH3 is 1. The second kappa shape index (κ2) is 5.24. The molecule has 2 aliphatic carbocycles. The number of rotatable bonds is 4. The van der Waals surface area contributed by atoms with Crippen molar-refractivity contribution in [3.8, 4) is 5.75 Å². The van der Waals surface area contributed by atoms with Crippen molar-refractivity contribution in [1.29, 1.82) is 0 Å². The van der Waals surface area contributed by atoms with E-state index in [0.717, 1.165) is 6.42 Å². The van der Waals surface area contributed by atoms with Gasteiger partial charge in [-0.25, -0.2) is 0 Å². The van der Waals surface area contributed by atoms with Gasteiger partial charge < -0.3 is 15.2 Å². The molecule has 110 valence electrons. The maximum Gasteiger partial charge on any atom is 0.307 e. The quantitative estimate of drug-likeness (QED) is 0.832. The SMILES string of the molecule is COc1ccc(NC(=O)[C@@H]2[C@H](C(=O)O)[C@@H]3C=C[C@H]2C3)cc1. The maximum atomic E-state index is 12.4. The molecule has 0 saturated heterocycles. The van der Waals surface area contributed by atoms with E-state index in [1.807, 2.05) is 12.2 Å². The van der Waals surface area contributed by atoms with Gasteiger partial charge in [0.1, 0.15) is 5.75 Å². The lowest BCUT2D eigenvalue weighted by Gasteiger charge is -2.23. The summed E-state index contributed by atoms with van der Waals surface area (Å²) in [6.07, 6.45) is 4.67. The average Bonchev–Trinajstić information content (AvgIpc) is 3.08. The van der Waals surface area contributed by atoms with E-state index < -0.39 is 17.8 Å². The Balaban J connectivity index is 1.75. The summed E-state index contributed by atoms with van der Waals surface area (Å²) in [4.78, 5) is 23.8. The van der Waals surface area contributed by atoms with Crippen LogP contribution in [0.15, 0.2) is 36.4 Å². The molecule has 0 unspecified atom stereocenters. The van der Waals surface area contributed by atoms with E-state index >= 15 is 0 Å². The zero-order valence-corrected chi connectivity index (χ0v) is 11.7. The number of carbonyl (C=O) groups is 2. The number of carbonyl (C=O) groups excluding carboxylic acids is 1. The number of carboxylic acids is 1. The lowest BCUT2D eigenvalue weighted by atomic mass is 9.82. The van der Waals surface area contributed by atoms with Crippen molar-refractivity contribution >= 4 is 17.6 Å². The van der Waals surface area contributed by atoms with E-state index in [9.17, 15) is 14.7 Å². The number of anilines is 1. The number of benzene rings is 1. The molecule has 1 fully saturated rings. The molecule has 1 aromatic rings. The molecule has 0 heterocycles. The van der Waals surface area contributed by atoms with E-state index in [1.54, 1.807) is 31.4 Å². The Kier molecular flexibility index (Phi) is 3.41. The van der Waals surface area contributed by atoms with Crippen LogP contribution in [0.3, 0.4) is 0 Å². The molecule has 0 radical (unpaired) electrons. The summed E-state index contributed by atoms with van der Waals surface area (Å²) >= 11 is 0. The predicted octanol–water partition coefficient (Wildman–Crippen LogP) is 2.16. The Bertz CT molecular complexity index is 593.